The Morgan fingerprint density at radius 1 is 1.38 bits per heavy atom. The van der Waals surface area contributed by atoms with Gasteiger partial charge < -0.3 is 4.90 Å². The number of hydrogen-bond donors (Lipinski definition) is 0. The summed E-state index contributed by atoms with van der Waals surface area (Å²) in [5, 5.41) is 14.2. The quantitative estimate of drug-likeness (QED) is 0.848. The van der Waals surface area contributed by atoms with E-state index in [4.69, 9.17) is 16.9 Å². The fourth-order valence-electron chi connectivity index (χ4n) is 3.28. The van der Waals surface area contributed by atoms with Gasteiger partial charge in [-0.1, -0.05) is 25.4 Å². The van der Waals surface area contributed by atoms with Gasteiger partial charge in [0.05, 0.1) is 24.1 Å². The summed E-state index contributed by atoms with van der Waals surface area (Å²) in [4.78, 5) is 10.7. The minimum atomic E-state index is 0.153. The van der Waals surface area contributed by atoms with Crippen LogP contribution in [0.1, 0.15) is 49.7 Å². The molecule has 2 aromatic rings. The van der Waals surface area contributed by atoms with E-state index in [2.05, 4.69) is 33.8 Å². The van der Waals surface area contributed by atoms with Crippen molar-refractivity contribution in [3.63, 3.8) is 0 Å². The van der Waals surface area contributed by atoms with E-state index in [0.29, 0.717) is 11.6 Å². The van der Waals surface area contributed by atoms with Crippen molar-refractivity contribution < 1.29 is 0 Å². The number of halogens is 1. The van der Waals surface area contributed by atoms with Gasteiger partial charge in [-0.3, -0.25) is 4.68 Å². The molecule has 0 bridgehead atoms. The van der Waals surface area contributed by atoms with Crippen molar-refractivity contribution in [3.8, 4) is 6.07 Å². The van der Waals surface area contributed by atoms with Crippen molar-refractivity contribution >= 4 is 17.4 Å². The topological polar surface area (TPSA) is 70.6 Å². The molecular formula is C17H21ClN6. The Labute approximate surface area is 147 Å². The van der Waals surface area contributed by atoms with Crippen LogP contribution in [0.3, 0.4) is 0 Å². The zero-order valence-corrected chi connectivity index (χ0v) is 15.0. The SMILES string of the molecule is Cc1nn(CC(C)C)c(Cl)c1C1CCCN1c1cnc(C#N)cn1. The Morgan fingerprint density at radius 3 is 2.79 bits per heavy atom. The maximum atomic E-state index is 8.88. The van der Waals surface area contributed by atoms with E-state index in [9.17, 15) is 0 Å². The lowest BCUT2D eigenvalue weighted by Crippen LogP contribution is -2.24. The normalized spacial score (nSPS) is 17.5. The Morgan fingerprint density at radius 2 is 2.17 bits per heavy atom. The van der Waals surface area contributed by atoms with E-state index in [1.807, 2.05) is 17.7 Å². The van der Waals surface area contributed by atoms with Gasteiger partial charge in [0, 0.05) is 18.7 Å². The number of nitrogens with zero attached hydrogens (tertiary/aromatic N) is 6. The maximum Gasteiger partial charge on any atom is 0.158 e. The summed E-state index contributed by atoms with van der Waals surface area (Å²) in [6.07, 6.45) is 5.26. The molecule has 1 fully saturated rings. The summed E-state index contributed by atoms with van der Waals surface area (Å²) in [7, 11) is 0. The lowest BCUT2D eigenvalue weighted by molar-refractivity contribution is 0.481. The van der Waals surface area contributed by atoms with Crippen LogP contribution in [0.4, 0.5) is 5.82 Å². The smallest absolute Gasteiger partial charge is 0.158 e. The van der Waals surface area contributed by atoms with Crippen molar-refractivity contribution in [1.82, 2.24) is 19.7 Å². The van der Waals surface area contributed by atoms with Crippen LogP contribution in [-0.4, -0.2) is 26.3 Å². The molecule has 1 unspecified atom stereocenters. The molecule has 7 heteroatoms. The number of aromatic nitrogens is 4. The summed E-state index contributed by atoms with van der Waals surface area (Å²) in [6, 6.07) is 2.15. The Bertz CT molecular complexity index is 759. The number of anilines is 1. The molecule has 0 N–H and O–H groups in total. The standard InChI is InChI=1S/C17H21ClN6/c1-11(2)10-24-17(18)16(12(3)22-24)14-5-4-6-23(14)15-9-20-13(7-19)8-21-15/h8-9,11,14H,4-6,10H2,1-3H3. The molecule has 0 aliphatic carbocycles. The van der Waals surface area contributed by atoms with Gasteiger partial charge in [-0.05, 0) is 25.7 Å². The number of rotatable bonds is 4. The summed E-state index contributed by atoms with van der Waals surface area (Å²) in [5.74, 6) is 1.27. The van der Waals surface area contributed by atoms with Gasteiger partial charge in [-0.25, -0.2) is 9.97 Å². The van der Waals surface area contributed by atoms with Crippen molar-refractivity contribution in [2.24, 2.45) is 5.92 Å². The number of aryl methyl sites for hydroxylation is 1. The van der Waals surface area contributed by atoms with Crippen LogP contribution in [0, 0.1) is 24.2 Å². The third kappa shape index (κ3) is 3.09. The first-order valence-corrected chi connectivity index (χ1v) is 8.60. The van der Waals surface area contributed by atoms with Gasteiger partial charge in [0.1, 0.15) is 17.0 Å². The molecule has 1 saturated heterocycles. The summed E-state index contributed by atoms with van der Waals surface area (Å²) in [5.41, 5.74) is 2.38. The molecule has 0 saturated carbocycles. The minimum absolute atomic E-state index is 0.153. The first-order chi connectivity index (χ1) is 11.5. The molecule has 6 nitrogen and oxygen atoms in total. The average molecular weight is 345 g/mol. The van der Waals surface area contributed by atoms with E-state index in [0.717, 1.165) is 48.2 Å². The number of nitriles is 1. The molecule has 0 radical (unpaired) electrons. The van der Waals surface area contributed by atoms with E-state index in [-0.39, 0.29) is 6.04 Å². The first-order valence-electron chi connectivity index (χ1n) is 8.22. The highest BCUT2D eigenvalue weighted by Crippen LogP contribution is 2.39. The van der Waals surface area contributed by atoms with Gasteiger partial charge in [0.2, 0.25) is 0 Å². The number of hydrogen-bond acceptors (Lipinski definition) is 5. The molecule has 126 valence electrons. The van der Waals surface area contributed by atoms with Crippen LogP contribution in [0.2, 0.25) is 5.15 Å². The molecule has 0 spiro atoms. The molecule has 1 aliphatic rings. The highest BCUT2D eigenvalue weighted by atomic mass is 35.5. The summed E-state index contributed by atoms with van der Waals surface area (Å²) < 4.78 is 1.90. The molecule has 1 aliphatic heterocycles. The van der Waals surface area contributed by atoms with E-state index in [1.165, 1.54) is 6.20 Å². The zero-order valence-electron chi connectivity index (χ0n) is 14.2. The highest BCUT2D eigenvalue weighted by Gasteiger charge is 2.32. The molecule has 3 heterocycles. The minimum Gasteiger partial charge on any atom is -0.348 e. The predicted octanol–water partition coefficient (Wildman–Crippen LogP) is 3.50. The van der Waals surface area contributed by atoms with Crippen molar-refractivity contribution in [2.45, 2.75) is 46.2 Å². The largest absolute Gasteiger partial charge is 0.348 e. The van der Waals surface area contributed by atoms with Gasteiger partial charge in [0.25, 0.3) is 0 Å². The van der Waals surface area contributed by atoms with Crippen LogP contribution in [0.5, 0.6) is 0 Å². The summed E-state index contributed by atoms with van der Waals surface area (Å²) in [6.45, 7) is 8.03. The van der Waals surface area contributed by atoms with Crippen LogP contribution in [0.15, 0.2) is 12.4 Å². The second-order valence-electron chi connectivity index (χ2n) is 6.59. The molecule has 2 aromatic heterocycles. The Hall–Kier alpha value is -2.13. The van der Waals surface area contributed by atoms with E-state index >= 15 is 0 Å². The zero-order chi connectivity index (χ0) is 17.3. The van der Waals surface area contributed by atoms with Crippen LogP contribution in [0.25, 0.3) is 0 Å². The van der Waals surface area contributed by atoms with Gasteiger partial charge >= 0.3 is 0 Å². The van der Waals surface area contributed by atoms with Gasteiger partial charge in [-0.15, -0.1) is 0 Å². The second-order valence-corrected chi connectivity index (χ2v) is 6.95. The second kappa shape index (κ2) is 6.78. The monoisotopic (exact) mass is 344 g/mol. The molecular weight excluding hydrogens is 324 g/mol. The van der Waals surface area contributed by atoms with Gasteiger partial charge in [0.15, 0.2) is 5.69 Å². The lowest BCUT2D eigenvalue weighted by atomic mass is 10.1. The van der Waals surface area contributed by atoms with Crippen molar-refractivity contribution in [2.75, 3.05) is 11.4 Å². The third-order valence-electron chi connectivity index (χ3n) is 4.28. The van der Waals surface area contributed by atoms with Crippen LogP contribution in [-0.2, 0) is 6.54 Å². The van der Waals surface area contributed by atoms with E-state index in [1.54, 1.807) is 6.20 Å². The molecule has 24 heavy (non-hydrogen) atoms. The summed E-state index contributed by atoms with van der Waals surface area (Å²) >= 11 is 6.65. The average Bonchev–Trinajstić information content (AvgIpc) is 3.12. The molecule has 3 rings (SSSR count). The predicted molar refractivity (Wildman–Crippen MR) is 92.9 cm³/mol. The molecule has 0 amide bonds. The van der Waals surface area contributed by atoms with Crippen LogP contribution >= 0.6 is 11.6 Å². The third-order valence-corrected chi connectivity index (χ3v) is 4.68. The first kappa shape index (κ1) is 16.7. The van der Waals surface area contributed by atoms with Crippen LogP contribution < -0.4 is 4.90 Å². The fourth-order valence-corrected chi connectivity index (χ4v) is 3.65. The van der Waals surface area contributed by atoms with Crippen molar-refractivity contribution in [3.05, 3.63) is 34.5 Å². The van der Waals surface area contributed by atoms with Gasteiger partial charge in [-0.2, -0.15) is 10.4 Å². The molecule has 0 aromatic carbocycles. The Balaban J connectivity index is 1.93. The lowest BCUT2D eigenvalue weighted by Gasteiger charge is -2.25. The fraction of sp³-hybridized carbons (Fsp3) is 0.529. The molecule has 1 atom stereocenters. The highest BCUT2D eigenvalue weighted by molar-refractivity contribution is 6.30. The van der Waals surface area contributed by atoms with E-state index < -0.39 is 0 Å². The van der Waals surface area contributed by atoms with Crippen molar-refractivity contribution in [1.29, 1.82) is 5.26 Å². The Kier molecular flexibility index (Phi) is 4.72. The maximum absolute atomic E-state index is 8.88.